The lowest BCUT2D eigenvalue weighted by Crippen LogP contribution is -2.21. The van der Waals surface area contributed by atoms with Gasteiger partial charge < -0.3 is 9.52 Å². The molecule has 2 heterocycles. The van der Waals surface area contributed by atoms with Gasteiger partial charge in [-0.1, -0.05) is 0 Å². The van der Waals surface area contributed by atoms with Crippen molar-refractivity contribution in [2.75, 3.05) is 19.7 Å². The Morgan fingerprint density at radius 1 is 1.50 bits per heavy atom. The van der Waals surface area contributed by atoms with Crippen molar-refractivity contribution in [3.05, 3.63) is 29.9 Å². The monoisotopic (exact) mass is 250 g/mol. The van der Waals surface area contributed by atoms with Gasteiger partial charge in [0.1, 0.15) is 11.3 Å². The first kappa shape index (κ1) is 11.6. The van der Waals surface area contributed by atoms with Crippen LogP contribution in [0.25, 0.3) is 11.1 Å². The fourth-order valence-electron chi connectivity index (χ4n) is 2.41. The molecule has 4 nitrogen and oxygen atoms in total. The molecule has 1 fully saturated rings. The molecule has 1 saturated heterocycles. The van der Waals surface area contributed by atoms with Gasteiger partial charge in [-0.15, -0.1) is 0 Å². The first-order chi connectivity index (χ1) is 8.74. The van der Waals surface area contributed by atoms with E-state index in [0.29, 0.717) is 29.5 Å². The summed E-state index contributed by atoms with van der Waals surface area (Å²) < 4.78 is 18.5. The van der Waals surface area contributed by atoms with E-state index in [9.17, 15) is 4.39 Å². The quantitative estimate of drug-likeness (QED) is 0.902. The Labute approximate surface area is 104 Å². The molecule has 0 amide bonds. The predicted molar refractivity (Wildman–Crippen MR) is 64.4 cm³/mol. The van der Waals surface area contributed by atoms with E-state index in [1.807, 2.05) is 0 Å². The minimum atomic E-state index is -0.313. The topological polar surface area (TPSA) is 49.5 Å². The van der Waals surface area contributed by atoms with Gasteiger partial charge in [0.2, 0.25) is 5.89 Å². The summed E-state index contributed by atoms with van der Waals surface area (Å²) >= 11 is 0. The molecule has 1 N–H and O–H groups in total. The van der Waals surface area contributed by atoms with Gasteiger partial charge in [0.15, 0.2) is 5.58 Å². The highest BCUT2D eigenvalue weighted by Gasteiger charge is 2.23. The highest BCUT2D eigenvalue weighted by molar-refractivity contribution is 5.72. The third-order valence-electron chi connectivity index (χ3n) is 3.38. The van der Waals surface area contributed by atoms with Crippen molar-refractivity contribution in [1.82, 2.24) is 9.88 Å². The van der Waals surface area contributed by atoms with Crippen LogP contribution in [0.5, 0.6) is 0 Å². The number of benzene rings is 1. The van der Waals surface area contributed by atoms with Crippen molar-refractivity contribution in [3.63, 3.8) is 0 Å². The van der Waals surface area contributed by atoms with Gasteiger partial charge in [-0.05, 0) is 31.0 Å². The molecule has 5 heteroatoms. The van der Waals surface area contributed by atoms with Crippen molar-refractivity contribution in [2.45, 2.75) is 13.0 Å². The zero-order valence-corrected chi connectivity index (χ0v) is 9.97. The third kappa shape index (κ3) is 2.23. The van der Waals surface area contributed by atoms with Gasteiger partial charge in [0.05, 0.1) is 6.54 Å². The molecule has 96 valence electrons. The van der Waals surface area contributed by atoms with E-state index < -0.39 is 0 Å². The van der Waals surface area contributed by atoms with Gasteiger partial charge >= 0.3 is 0 Å². The van der Waals surface area contributed by atoms with Gasteiger partial charge in [-0.3, -0.25) is 4.90 Å². The molecule has 1 aromatic heterocycles. The molecule has 0 bridgehead atoms. The summed E-state index contributed by atoms with van der Waals surface area (Å²) in [5, 5.41) is 9.09. The number of likely N-dealkylation sites (tertiary alicyclic amines) is 1. The molecule has 0 aliphatic carbocycles. The van der Waals surface area contributed by atoms with Crippen molar-refractivity contribution in [3.8, 4) is 0 Å². The van der Waals surface area contributed by atoms with Gasteiger partial charge in [-0.25, -0.2) is 9.37 Å². The largest absolute Gasteiger partial charge is 0.439 e. The lowest BCUT2D eigenvalue weighted by atomic mass is 10.1. The Kier molecular flexibility index (Phi) is 3.01. The highest BCUT2D eigenvalue weighted by atomic mass is 19.1. The summed E-state index contributed by atoms with van der Waals surface area (Å²) in [5.74, 6) is 0.646. The van der Waals surface area contributed by atoms with Crippen LogP contribution in [0.1, 0.15) is 12.3 Å². The summed E-state index contributed by atoms with van der Waals surface area (Å²) in [4.78, 5) is 6.53. The van der Waals surface area contributed by atoms with Crippen molar-refractivity contribution < 1.29 is 13.9 Å². The average molecular weight is 250 g/mol. The lowest BCUT2D eigenvalue weighted by molar-refractivity contribution is 0.215. The number of aliphatic hydroxyl groups excluding tert-OH is 1. The van der Waals surface area contributed by atoms with E-state index in [1.54, 1.807) is 6.07 Å². The predicted octanol–water partition coefficient (Wildman–Crippen LogP) is 1.78. The van der Waals surface area contributed by atoms with Gasteiger partial charge in [0, 0.05) is 19.2 Å². The number of nitrogens with zero attached hydrogens (tertiary/aromatic N) is 2. The average Bonchev–Trinajstić information content (AvgIpc) is 2.95. The first-order valence-electron chi connectivity index (χ1n) is 6.13. The SMILES string of the molecule is OCC1CCN(Cc2nc3ccc(F)cc3o2)C1. The smallest absolute Gasteiger partial charge is 0.209 e. The Morgan fingerprint density at radius 2 is 2.39 bits per heavy atom. The summed E-state index contributed by atoms with van der Waals surface area (Å²) in [6.07, 6.45) is 1.01. The second kappa shape index (κ2) is 4.66. The number of hydrogen-bond donors (Lipinski definition) is 1. The van der Waals surface area contributed by atoms with Crippen LogP contribution in [0, 0.1) is 11.7 Å². The normalized spacial score (nSPS) is 20.9. The molecule has 1 atom stereocenters. The molecule has 1 aliphatic heterocycles. The van der Waals surface area contributed by atoms with Crippen molar-refractivity contribution in [2.24, 2.45) is 5.92 Å². The molecule has 1 aliphatic rings. The maximum absolute atomic E-state index is 13.0. The number of hydrogen-bond acceptors (Lipinski definition) is 4. The van der Waals surface area contributed by atoms with Gasteiger partial charge in [0.25, 0.3) is 0 Å². The molecule has 0 spiro atoms. The summed E-state index contributed by atoms with van der Waals surface area (Å²) in [6, 6.07) is 4.36. The number of rotatable bonds is 3. The maximum Gasteiger partial charge on any atom is 0.209 e. The van der Waals surface area contributed by atoms with E-state index in [4.69, 9.17) is 9.52 Å². The summed E-state index contributed by atoms with van der Waals surface area (Å²) in [6.45, 7) is 2.66. The van der Waals surface area contributed by atoms with Crippen LogP contribution < -0.4 is 0 Å². The van der Waals surface area contributed by atoms with E-state index in [1.165, 1.54) is 12.1 Å². The second-order valence-electron chi connectivity index (χ2n) is 4.79. The Bertz CT molecular complexity index is 555. The molecular weight excluding hydrogens is 235 g/mol. The molecule has 0 radical (unpaired) electrons. The minimum absolute atomic E-state index is 0.231. The van der Waals surface area contributed by atoms with Gasteiger partial charge in [-0.2, -0.15) is 0 Å². The van der Waals surface area contributed by atoms with Crippen LogP contribution in [0.15, 0.2) is 22.6 Å². The van der Waals surface area contributed by atoms with Crippen LogP contribution in [-0.4, -0.2) is 34.7 Å². The third-order valence-corrected chi connectivity index (χ3v) is 3.38. The van der Waals surface area contributed by atoms with E-state index >= 15 is 0 Å². The van der Waals surface area contributed by atoms with Crippen LogP contribution in [0.2, 0.25) is 0 Å². The number of fused-ring (bicyclic) bond motifs is 1. The van der Waals surface area contributed by atoms with Crippen molar-refractivity contribution >= 4 is 11.1 Å². The molecule has 0 saturated carbocycles. The minimum Gasteiger partial charge on any atom is -0.439 e. The highest BCUT2D eigenvalue weighted by Crippen LogP contribution is 2.21. The number of halogens is 1. The zero-order valence-electron chi connectivity index (χ0n) is 9.97. The fraction of sp³-hybridized carbons (Fsp3) is 0.462. The Hall–Kier alpha value is -1.46. The lowest BCUT2D eigenvalue weighted by Gasteiger charge is -2.12. The Morgan fingerprint density at radius 3 is 3.17 bits per heavy atom. The number of aliphatic hydroxyl groups is 1. The van der Waals surface area contributed by atoms with Crippen LogP contribution in [-0.2, 0) is 6.54 Å². The molecule has 1 aromatic carbocycles. The second-order valence-corrected chi connectivity index (χ2v) is 4.79. The van der Waals surface area contributed by atoms with Crippen LogP contribution in [0.4, 0.5) is 4.39 Å². The molecule has 1 unspecified atom stereocenters. The molecule has 2 aromatic rings. The fourth-order valence-corrected chi connectivity index (χ4v) is 2.41. The molecule has 18 heavy (non-hydrogen) atoms. The molecular formula is C13H15FN2O2. The first-order valence-corrected chi connectivity index (χ1v) is 6.13. The Balaban J connectivity index is 1.75. The maximum atomic E-state index is 13.0. The summed E-state index contributed by atoms with van der Waals surface area (Å²) in [5.41, 5.74) is 1.17. The zero-order chi connectivity index (χ0) is 12.5. The molecule has 3 rings (SSSR count). The number of oxazole rings is 1. The van der Waals surface area contributed by atoms with E-state index in [-0.39, 0.29) is 12.4 Å². The van der Waals surface area contributed by atoms with E-state index in [0.717, 1.165) is 19.5 Å². The van der Waals surface area contributed by atoms with Crippen LogP contribution in [0.3, 0.4) is 0 Å². The van der Waals surface area contributed by atoms with E-state index in [2.05, 4.69) is 9.88 Å². The number of aromatic nitrogens is 1. The van der Waals surface area contributed by atoms with Crippen molar-refractivity contribution in [1.29, 1.82) is 0 Å². The van der Waals surface area contributed by atoms with Crippen LogP contribution >= 0.6 is 0 Å². The summed E-state index contributed by atoms with van der Waals surface area (Å²) in [7, 11) is 0. The standard InChI is InChI=1S/C13H15FN2O2/c14-10-1-2-11-12(5-10)18-13(15-11)7-16-4-3-9(6-16)8-17/h1-2,5,9,17H,3-4,6-8H2.